The van der Waals surface area contributed by atoms with E-state index in [2.05, 4.69) is 6.92 Å². The van der Waals surface area contributed by atoms with Crippen molar-refractivity contribution in [2.24, 2.45) is 23.7 Å². The van der Waals surface area contributed by atoms with E-state index in [-0.39, 0.29) is 17.1 Å². The molecule has 2 aliphatic rings. The van der Waals surface area contributed by atoms with Crippen LogP contribution in [0.25, 0.3) is 0 Å². The van der Waals surface area contributed by atoms with Gasteiger partial charge in [-0.1, -0.05) is 45.4 Å². The lowest BCUT2D eigenvalue weighted by molar-refractivity contribution is 0.0724. The monoisotopic (exact) mass is 541 g/mol. The minimum Gasteiger partial charge on any atom is -0.493 e. The Bertz CT molecular complexity index is 1140. The fourth-order valence-corrected chi connectivity index (χ4v) is 6.31. The molecule has 0 heterocycles. The van der Waals surface area contributed by atoms with E-state index in [0.717, 1.165) is 54.9 Å². The van der Waals surface area contributed by atoms with Gasteiger partial charge >= 0.3 is 5.97 Å². The molecular formula is C32H38F3NO3. The molecule has 0 radical (unpaired) electrons. The number of unbranched alkanes of at least 4 members (excludes halogenated alkanes) is 2. The molecule has 2 aliphatic carbocycles. The number of hydrogen-bond donors (Lipinski definition) is 0. The third-order valence-electron chi connectivity index (χ3n) is 8.64. The molecule has 0 aliphatic heterocycles. The van der Waals surface area contributed by atoms with Crippen LogP contribution in [-0.2, 0) is 0 Å². The molecule has 0 unspecified atom stereocenters. The SMILES string of the molecule is CCCCCC1CCC(C2CCC(COc3cc(F)c(C(=O)Oc4ccc(C#N)c(F)c4)c(F)c3)CC2)CC1. The number of carbonyl (C=O) groups is 1. The molecule has 2 aromatic rings. The van der Waals surface area contributed by atoms with Gasteiger partial charge in [0.1, 0.15) is 40.6 Å². The van der Waals surface area contributed by atoms with Gasteiger partial charge in [-0.2, -0.15) is 5.26 Å². The normalized spacial score (nSPS) is 23.2. The van der Waals surface area contributed by atoms with Gasteiger partial charge in [-0.3, -0.25) is 0 Å². The van der Waals surface area contributed by atoms with E-state index >= 15 is 0 Å². The first kappa shape index (κ1) is 29.0. The third kappa shape index (κ3) is 7.77. The number of rotatable bonds is 10. The molecule has 2 saturated carbocycles. The Kier molecular flexibility index (Phi) is 10.3. The predicted molar refractivity (Wildman–Crippen MR) is 143 cm³/mol. The van der Waals surface area contributed by atoms with Crippen LogP contribution in [0.5, 0.6) is 11.5 Å². The quantitative estimate of drug-likeness (QED) is 0.171. The number of benzene rings is 2. The number of halogens is 3. The summed E-state index contributed by atoms with van der Waals surface area (Å²) in [5, 5.41) is 8.79. The lowest BCUT2D eigenvalue weighted by Gasteiger charge is -2.38. The molecule has 2 aromatic carbocycles. The number of nitriles is 1. The topological polar surface area (TPSA) is 59.3 Å². The first-order valence-electron chi connectivity index (χ1n) is 14.4. The molecule has 39 heavy (non-hydrogen) atoms. The van der Waals surface area contributed by atoms with Crippen molar-refractivity contribution in [2.45, 2.75) is 84.0 Å². The fourth-order valence-electron chi connectivity index (χ4n) is 6.31. The Morgan fingerprint density at radius 3 is 2.00 bits per heavy atom. The second kappa shape index (κ2) is 13.9. The molecule has 210 valence electrons. The summed E-state index contributed by atoms with van der Waals surface area (Å²) in [6.07, 6.45) is 15.3. The van der Waals surface area contributed by atoms with Crippen molar-refractivity contribution >= 4 is 5.97 Å². The molecule has 2 fully saturated rings. The maximum Gasteiger partial charge on any atom is 0.349 e. The lowest BCUT2D eigenvalue weighted by atomic mass is 9.69. The number of carbonyl (C=O) groups excluding carboxylic acids is 1. The van der Waals surface area contributed by atoms with Gasteiger partial charge in [-0.05, 0) is 74.3 Å². The Balaban J connectivity index is 1.23. The van der Waals surface area contributed by atoms with Crippen molar-refractivity contribution in [1.82, 2.24) is 0 Å². The Morgan fingerprint density at radius 2 is 1.44 bits per heavy atom. The molecule has 0 atom stereocenters. The van der Waals surface area contributed by atoms with Crippen LogP contribution in [0.3, 0.4) is 0 Å². The van der Waals surface area contributed by atoms with Crippen LogP contribution in [0, 0.1) is 52.5 Å². The highest BCUT2D eigenvalue weighted by atomic mass is 19.1. The summed E-state index contributed by atoms with van der Waals surface area (Å²) >= 11 is 0. The highest BCUT2D eigenvalue weighted by Gasteiger charge is 2.31. The van der Waals surface area contributed by atoms with Crippen LogP contribution in [0.1, 0.15) is 99.9 Å². The van der Waals surface area contributed by atoms with Gasteiger partial charge in [0.25, 0.3) is 0 Å². The van der Waals surface area contributed by atoms with E-state index in [1.165, 1.54) is 70.3 Å². The number of nitrogens with zero attached hydrogens (tertiary/aromatic N) is 1. The summed E-state index contributed by atoms with van der Waals surface area (Å²) < 4.78 is 53.7. The zero-order chi connectivity index (χ0) is 27.8. The summed E-state index contributed by atoms with van der Waals surface area (Å²) in [6.45, 7) is 2.64. The molecular weight excluding hydrogens is 503 g/mol. The zero-order valence-corrected chi connectivity index (χ0v) is 22.7. The summed E-state index contributed by atoms with van der Waals surface area (Å²) in [4.78, 5) is 12.3. The lowest BCUT2D eigenvalue weighted by Crippen LogP contribution is -2.27. The summed E-state index contributed by atoms with van der Waals surface area (Å²) in [7, 11) is 0. The van der Waals surface area contributed by atoms with Crippen molar-refractivity contribution in [3.8, 4) is 17.6 Å². The summed E-state index contributed by atoms with van der Waals surface area (Å²) in [5.74, 6) is -1.77. The number of esters is 1. The van der Waals surface area contributed by atoms with Gasteiger partial charge in [-0.15, -0.1) is 0 Å². The minimum absolute atomic E-state index is 0.0227. The molecule has 4 rings (SSSR count). The maximum absolute atomic E-state index is 14.7. The molecule has 7 heteroatoms. The average molecular weight is 542 g/mol. The highest BCUT2D eigenvalue weighted by molar-refractivity contribution is 5.91. The molecule has 0 saturated heterocycles. The van der Waals surface area contributed by atoms with Gasteiger partial charge in [0.15, 0.2) is 0 Å². The second-order valence-corrected chi connectivity index (χ2v) is 11.3. The molecule has 0 aromatic heterocycles. The molecule has 4 nitrogen and oxygen atoms in total. The van der Waals surface area contributed by atoms with Gasteiger partial charge in [0.05, 0.1) is 12.2 Å². The standard InChI is InChI=1S/C32H38F3NO3/c1-2-3-4-5-21-6-10-23(11-7-21)24-12-8-22(9-13-24)20-38-27-17-29(34)31(30(35)18-27)32(37)39-26-15-14-25(19-36)28(33)16-26/h14-18,21-24H,2-13,20H2,1H3. The van der Waals surface area contributed by atoms with Crippen LogP contribution >= 0.6 is 0 Å². The van der Waals surface area contributed by atoms with Crippen molar-refractivity contribution in [2.75, 3.05) is 6.61 Å². The predicted octanol–water partition coefficient (Wildman–Crippen LogP) is 8.77. The first-order chi connectivity index (χ1) is 18.9. The van der Waals surface area contributed by atoms with Crippen molar-refractivity contribution in [3.63, 3.8) is 0 Å². The third-order valence-corrected chi connectivity index (χ3v) is 8.64. The van der Waals surface area contributed by atoms with Gasteiger partial charge in [0, 0.05) is 18.2 Å². The largest absolute Gasteiger partial charge is 0.493 e. The van der Waals surface area contributed by atoms with Crippen molar-refractivity contribution in [1.29, 1.82) is 5.26 Å². The zero-order valence-electron chi connectivity index (χ0n) is 22.7. The first-order valence-corrected chi connectivity index (χ1v) is 14.4. The Hall–Kier alpha value is -3.01. The van der Waals surface area contributed by atoms with Crippen LogP contribution in [0.4, 0.5) is 13.2 Å². The number of hydrogen-bond acceptors (Lipinski definition) is 4. The van der Waals surface area contributed by atoms with Crippen LogP contribution < -0.4 is 9.47 Å². The van der Waals surface area contributed by atoms with E-state index in [0.29, 0.717) is 12.5 Å². The van der Waals surface area contributed by atoms with E-state index in [4.69, 9.17) is 14.7 Å². The van der Waals surface area contributed by atoms with Crippen molar-refractivity contribution in [3.05, 3.63) is 58.9 Å². The summed E-state index contributed by atoms with van der Waals surface area (Å²) in [6, 6.07) is 6.71. The molecule has 0 bridgehead atoms. The van der Waals surface area contributed by atoms with Gasteiger partial charge in [0.2, 0.25) is 0 Å². The van der Waals surface area contributed by atoms with E-state index in [1.54, 1.807) is 6.07 Å². The second-order valence-electron chi connectivity index (χ2n) is 11.3. The smallest absolute Gasteiger partial charge is 0.349 e. The highest BCUT2D eigenvalue weighted by Crippen LogP contribution is 2.42. The van der Waals surface area contributed by atoms with Crippen LogP contribution in [0.15, 0.2) is 30.3 Å². The van der Waals surface area contributed by atoms with Gasteiger partial charge in [-0.25, -0.2) is 18.0 Å². The van der Waals surface area contributed by atoms with Crippen molar-refractivity contribution < 1.29 is 27.4 Å². The van der Waals surface area contributed by atoms with Crippen LogP contribution in [0.2, 0.25) is 0 Å². The fraction of sp³-hybridized carbons (Fsp3) is 0.562. The Labute approximate surface area is 229 Å². The van der Waals surface area contributed by atoms with E-state index < -0.39 is 29.0 Å². The van der Waals surface area contributed by atoms with E-state index in [9.17, 15) is 18.0 Å². The van der Waals surface area contributed by atoms with Crippen LogP contribution in [-0.4, -0.2) is 12.6 Å². The maximum atomic E-state index is 14.7. The average Bonchev–Trinajstić information content (AvgIpc) is 2.92. The van der Waals surface area contributed by atoms with Gasteiger partial charge < -0.3 is 9.47 Å². The summed E-state index contributed by atoms with van der Waals surface area (Å²) in [5.41, 5.74) is -1.12. The number of ether oxygens (including phenoxy) is 2. The molecule has 0 amide bonds. The molecule has 0 N–H and O–H groups in total. The molecule has 0 spiro atoms. The Morgan fingerprint density at radius 1 is 0.846 bits per heavy atom. The minimum atomic E-state index is -1.30. The van der Waals surface area contributed by atoms with E-state index in [1.807, 2.05) is 0 Å².